The van der Waals surface area contributed by atoms with Gasteiger partial charge in [0.25, 0.3) is 0 Å². The van der Waals surface area contributed by atoms with E-state index in [2.05, 4.69) is 25.7 Å². The minimum absolute atomic E-state index is 0.394. The van der Waals surface area contributed by atoms with Crippen molar-refractivity contribution < 1.29 is 9.53 Å². The molecule has 1 heterocycles. The van der Waals surface area contributed by atoms with E-state index in [1.165, 1.54) is 7.11 Å². The Balaban J connectivity index is 2.31. The van der Waals surface area contributed by atoms with Gasteiger partial charge in [-0.3, -0.25) is 4.79 Å². The quantitative estimate of drug-likeness (QED) is 0.851. The van der Waals surface area contributed by atoms with E-state index in [9.17, 15) is 4.79 Å². The second kappa shape index (κ2) is 4.89. The molecular weight excluding hydrogens is 284 g/mol. The van der Waals surface area contributed by atoms with E-state index in [1.54, 1.807) is 0 Å². The smallest absolute Gasteiger partial charge is 0.322 e. The normalized spacial score (nSPS) is 12.6. The maximum atomic E-state index is 11.3. The van der Waals surface area contributed by atoms with Crippen LogP contribution in [-0.2, 0) is 16.0 Å². The Kier molecular flexibility index (Phi) is 3.49. The van der Waals surface area contributed by atoms with E-state index in [4.69, 9.17) is 5.73 Å². The molecule has 0 aliphatic rings. The van der Waals surface area contributed by atoms with Crippen molar-refractivity contribution in [2.75, 3.05) is 7.11 Å². The molecule has 0 aliphatic heterocycles. The molecule has 2 rings (SSSR count). The average molecular weight is 297 g/mol. The highest BCUT2D eigenvalue weighted by Gasteiger charge is 2.16. The molecule has 1 aromatic carbocycles. The summed E-state index contributed by atoms with van der Waals surface area (Å²) in [4.78, 5) is 14.4. The molecule has 0 saturated carbocycles. The summed E-state index contributed by atoms with van der Waals surface area (Å²) in [7, 11) is 1.34. The summed E-state index contributed by atoms with van der Waals surface area (Å²) in [5.41, 5.74) is 7.77. The van der Waals surface area contributed by atoms with Crippen molar-refractivity contribution in [3.05, 3.63) is 34.4 Å². The van der Waals surface area contributed by atoms with Crippen LogP contribution in [0.5, 0.6) is 0 Å². The number of para-hydroxylation sites is 1. The Hall–Kier alpha value is -1.33. The third-order valence-corrected chi connectivity index (χ3v) is 3.35. The second-order valence-corrected chi connectivity index (χ2v) is 4.66. The fourth-order valence-corrected chi connectivity index (χ4v) is 2.30. The number of nitrogens with two attached hydrogens (primary N) is 1. The van der Waals surface area contributed by atoms with Gasteiger partial charge < -0.3 is 15.5 Å². The SMILES string of the molecule is COC(=O)[C@@H](N)Cc1c[nH]c2c(Br)cccc12. The molecule has 0 saturated heterocycles. The standard InChI is InChI=1S/C12H13BrN2O2/c1-17-12(16)10(14)5-7-6-15-11-8(7)3-2-4-9(11)13/h2-4,6,10,15H,5,14H2,1H3/t10-/m0/s1. The van der Waals surface area contributed by atoms with Crippen LogP contribution in [0.3, 0.4) is 0 Å². The number of esters is 1. The maximum absolute atomic E-state index is 11.3. The number of aromatic nitrogens is 1. The van der Waals surface area contributed by atoms with Gasteiger partial charge in [-0.1, -0.05) is 12.1 Å². The lowest BCUT2D eigenvalue weighted by Crippen LogP contribution is -2.33. The first-order valence-electron chi connectivity index (χ1n) is 5.21. The first-order valence-corrected chi connectivity index (χ1v) is 6.00. The van der Waals surface area contributed by atoms with Crippen LogP contribution in [-0.4, -0.2) is 24.1 Å². The van der Waals surface area contributed by atoms with Crippen LogP contribution in [0.1, 0.15) is 5.56 Å². The van der Waals surface area contributed by atoms with Gasteiger partial charge in [0.15, 0.2) is 0 Å². The molecule has 3 N–H and O–H groups in total. The summed E-state index contributed by atoms with van der Waals surface area (Å²) < 4.78 is 5.61. The summed E-state index contributed by atoms with van der Waals surface area (Å²) in [5.74, 6) is -0.394. The molecule has 0 bridgehead atoms. The number of H-pyrrole nitrogens is 1. The summed E-state index contributed by atoms with van der Waals surface area (Å²) in [6.07, 6.45) is 2.33. The molecule has 17 heavy (non-hydrogen) atoms. The molecule has 4 nitrogen and oxygen atoms in total. The fraction of sp³-hybridized carbons (Fsp3) is 0.250. The van der Waals surface area contributed by atoms with Crippen molar-refractivity contribution in [2.24, 2.45) is 5.73 Å². The predicted molar refractivity (Wildman–Crippen MR) is 69.7 cm³/mol. The minimum Gasteiger partial charge on any atom is -0.468 e. The zero-order valence-electron chi connectivity index (χ0n) is 9.37. The van der Waals surface area contributed by atoms with E-state index in [-0.39, 0.29) is 0 Å². The number of rotatable bonds is 3. The number of carbonyl (C=O) groups excluding carboxylic acids is 1. The first-order chi connectivity index (χ1) is 8.13. The highest BCUT2D eigenvalue weighted by Crippen LogP contribution is 2.26. The van der Waals surface area contributed by atoms with E-state index < -0.39 is 12.0 Å². The van der Waals surface area contributed by atoms with Gasteiger partial charge in [-0.25, -0.2) is 0 Å². The van der Waals surface area contributed by atoms with Crippen molar-refractivity contribution in [3.8, 4) is 0 Å². The van der Waals surface area contributed by atoms with Gasteiger partial charge in [-0.05, 0) is 27.6 Å². The van der Waals surface area contributed by atoms with Gasteiger partial charge >= 0.3 is 5.97 Å². The van der Waals surface area contributed by atoms with E-state index in [0.717, 1.165) is 20.9 Å². The molecule has 0 fully saturated rings. The Morgan fingerprint density at radius 1 is 1.59 bits per heavy atom. The van der Waals surface area contributed by atoms with Crippen LogP contribution < -0.4 is 5.73 Å². The summed E-state index contributed by atoms with van der Waals surface area (Å²) in [5, 5.41) is 1.07. The lowest BCUT2D eigenvalue weighted by atomic mass is 10.1. The molecule has 2 aromatic rings. The van der Waals surface area contributed by atoms with Crippen LogP contribution in [0, 0.1) is 0 Å². The number of hydrogen-bond acceptors (Lipinski definition) is 3. The van der Waals surface area contributed by atoms with Gasteiger partial charge in [0.05, 0.1) is 12.6 Å². The summed E-state index contributed by atoms with van der Waals surface area (Å²) >= 11 is 3.46. The average Bonchev–Trinajstić information content (AvgIpc) is 2.73. The zero-order chi connectivity index (χ0) is 12.4. The molecular formula is C12H13BrN2O2. The Morgan fingerprint density at radius 2 is 2.35 bits per heavy atom. The molecule has 5 heteroatoms. The van der Waals surface area contributed by atoms with E-state index >= 15 is 0 Å². The highest BCUT2D eigenvalue weighted by atomic mass is 79.9. The van der Waals surface area contributed by atoms with Crippen LogP contribution in [0.25, 0.3) is 10.9 Å². The highest BCUT2D eigenvalue weighted by molar-refractivity contribution is 9.10. The number of carbonyl (C=O) groups is 1. The van der Waals surface area contributed by atoms with Gasteiger partial charge in [0.2, 0.25) is 0 Å². The number of halogens is 1. The number of hydrogen-bond donors (Lipinski definition) is 2. The molecule has 90 valence electrons. The van der Waals surface area contributed by atoms with Crippen molar-refractivity contribution in [1.82, 2.24) is 4.98 Å². The number of fused-ring (bicyclic) bond motifs is 1. The van der Waals surface area contributed by atoms with E-state index in [0.29, 0.717) is 6.42 Å². The number of benzene rings is 1. The Bertz CT molecular complexity index is 550. The zero-order valence-corrected chi connectivity index (χ0v) is 11.0. The topological polar surface area (TPSA) is 68.1 Å². The Labute approximate surface area is 107 Å². The van der Waals surface area contributed by atoms with Crippen molar-refractivity contribution >= 4 is 32.8 Å². The molecule has 0 amide bonds. The van der Waals surface area contributed by atoms with Gasteiger partial charge in [-0.2, -0.15) is 0 Å². The number of ether oxygens (including phenoxy) is 1. The molecule has 1 atom stereocenters. The summed E-state index contributed by atoms with van der Waals surface area (Å²) in [6.45, 7) is 0. The lowest BCUT2D eigenvalue weighted by Gasteiger charge is -2.08. The number of nitrogens with one attached hydrogen (secondary N) is 1. The van der Waals surface area contributed by atoms with Gasteiger partial charge in [-0.15, -0.1) is 0 Å². The van der Waals surface area contributed by atoms with Crippen LogP contribution >= 0.6 is 15.9 Å². The molecule has 0 unspecified atom stereocenters. The minimum atomic E-state index is -0.627. The molecule has 0 aliphatic carbocycles. The predicted octanol–water partition coefficient (Wildman–Crippen LogP) is 1.97. The monoisotopic (exact) mass is 296 g/mol. The van der Waals surface area contributed by atoms with Gasteiger partial charge in [0.1, 0.15) is 6.04 Å². The molecule has 1 aromatic heterocycles. The first kappa shape index (κ1) is 12.1. The van der Waals surface area contributed by atoms with Crippen molar-refractivity contribution in [3.63, 3.8) is 0 Å². The summed E-state index contributed by atoms with van der Waals surface area (Å²) in [6, 6.07) is 5.28. The van der Waals surface area contributed by atoms with Crippen LogP contribution in [0.2, 0.25) is 0 Å². The van der Waals surface area contributed by atoms with E-state index in [1.807, 2.05) is 24.4 Å². The fourth-order valence-electron chi connectivity index (χ4n) is 1.82. The lowest BCUT2D eigenvalue weighted by molar-refractivity contribution is -0.142. The maximum Gasteiger partial charge on any atom is 0.322 e. The molecule has 0 radical (unpaired) electrons. The third-order valence-electron chi connectivity index (χ3n) is 2.69. The third kappa shape index (κ3) is 2.35. The largest absolute Gasteiger partial charge is 0.468 e. The van der Waals surface area contributed by atoms with Crippen LogP contribution in [0.4, 0.5) is 0 Å². The van der Waals surface area contributed by atoms with Crippen LogP contribution in [0.15, 0.2) is 28.9 Å². The molecule has 0 spiro atoms. The Morgan fingerprint density at radius 3 is 3.06 bits per heavy atom. The number of methoxy groups -OCH3 is 1. The second-order valence-electron chi connectivity index (χ2n) is 3.81. The van der Waals surface area contributed by atoms with Crippen molar-refractivity contribution in [1.29, 1.82) is 0 Å². The van der Waals surface area contributed by atoms with Gasteiger partial charge in [0, 0.05) is 22.5 Å². The number of aromatic amines is 1. The van der Waals surface area contributed by atoms with Crippen molar-refractivity contribution in [2.45, 2.75) is 12.5 Å².